The number of piperazine rings is 1. The molecule has 1 amide bonds. The van der Waals surface area contributed by atoms with E-state index in [1.807, 2.05) is 12.2 Å². The Bertz CT molecular complexity index is 1310. The zero-order valence-corrected chi connectivity index (χ0v) is 22.5. The lowest BCUT2D eigenvalue weighted by Crippen LogP contribution is -2.52. The van der Waals surface area contributed by atoms with Crippen molar-refractivity contribution in [3.8, 4) is 0 Å². The molecule has 8 nitrogen and oxygen atoms in total. The molecule has 0 radical (unpaired) electrons. The van der Waals surface area contributed by atoms with E-state index >= 15 is 0 Å². The zero-order chi connectivity index (χ0) is 26.8. The maximum absolute atomic E-state index is 13.5. The minimum atomic E-state index is -0.406. The van der Waals surface area contributed by atoms with Crippen LogP contribution in [0, 0.1) is 11.7 Å². The fourth-order valence-corrected chi connectivity index (χ4v) is 6.40. The summed E-state index contributed by atoms with van der Waals surface area (Å²) < 4.78 is 15.3. The highest BCUT2D eigenvalue weighted by atomic mass is 19.1. The van der Waals surface area contributed by atoms with E-state index in [9.17, 15) is 9.18 Å². The Morgan fingerprint density at radius 2 is 1.77 bits per heavy atom. The van der Waals surface area contributed by atoms with Crippen molar-refractivity contribution >= 4 is 11.6 Å². The summed E-state index contributed by atoms with van der Waals surface area (Å²) in [6, 6.07) is 6.63. The average molecular weight is 530 g/mol. The molecule has 0 N–H and O–H groups in total. The number of carbonyl (C=O) groups is 1. The quantitative estimate of drug-likeness (QED) is 0.533. The van der Waals surface area contributed by atoms with Crippen molar-refractivity contribution in [1.29, 1.82) is 0 Å². The number of dihydropyridines is 1. The smallest absolute Gasteiger partial charge is 0.274 e. The largest absolute Gasteiger partial charge is 0.298 e. The van der Waals surface area contributed by atoms with Crippen LogP contribution in [0.1, 0.15) is 62.9 Å². The number of allylic oxidation sites excluding steroid dienone is 5. The van der Waals surface area contributed by atoms with Gasteiger partial charge < -0.3 is 0 Å². The number of fused-ring (bicyclic) bond motifs is 1. The third-order valence-electron chi connectivity index (χ3n) is 8.60. The van der Waals surface area contributed by atoms with E-state index in [2.05, 4.69) is 49.4 Å². The number of aliphatic imine (C=N–C) groups is 1. The van der Waals surface area contributed by atoms with Gasteiger partial charge in [-0.25, -0.2) is 14.1 Å². The molecule has 204 valence electrons. The first-order chi connectivity index (χ1) is 19.1. The predicted molar refractivity (Wildman–Crippen MR) is 148 cm³/mol. The standard InChI is InChI=1S/C30H36FN7O/c1-2-21-10-13-27-23(18-21)19-26(30(39)32-27)28(37-16-14-36(15-17-37)25-6-4-3-5-7-25)29-33-34-35-38(29)20-22-8-11-24(31)12-9-22/h8-13,18-19,23,25,28H,2-7,14-17,20H2,1H3. The number of hydrogen-bond acceptors (Lipinski definition) is 6. The van der Waals surface area contributed by atoms with Gasteiger partial charge in [-0.2, -0.15) is 0 Å². The van der Waals surface area contributed by atoms with Crippen LogP contribution in [0.3, 0.4) is 0 Å². The van der Waals surface area contributed by atoms with Gasteiger partial charge in [-0.3, -0.25) is 14.6 Å². The molecule has 1 saturated carbocycles. The van der Waals surface area contributed by atoms with Crippen LogP contribution in [0.5, 0.6) is 0 Å². The Labute approximate surface area is 229 Å². The van der Waals surface area contributed by atoms with Crippen LogP contribution in [0.15, 0.2) is 64.7 Å². The first-order valence-corrected chi connectivity index (χ1v) is 14.3. The van der Waals surface area contributed by atoms with E-state index < -0.39 is 6.04 Å². The fourth-order valence-electron chi connectivity index (χ4n) is 6.40. The molecule has 4 aliphatic rings. The average Bonchev–Trinajstić information content (AvgIpc) is 3.42. The topological polar surface area (TPSA) is 79.5 Å². The van der Waals surface area contributed by atoms with Crippen molar-refractivity contribution < 1.29 is 9.18 Å². The van der Waals surface area contributed by atoms with Crippen molar-refractivity contribution in [3.63, 3.8) is 0 Å². The predicted octanol–water partition coefficient (Wildman–Crippen LogP) is 4.28. The van der Waals surface area contributed by atoms with E-state index in [1.165, 1.54) is 49.8 Å². The van der Waals surface area contributed by atoms with E-state index in [1.54, 1.807) is 16.8 Å². The number of hydrogen-bond donors (Lipinski definition) is 0. The Balaban J connectivity index is 1.32. The van der Waals surface area contributed by atoms with E-state index in [-0.39, 0.29) is 17.6 Å². The van der Waals surface area contributed by atoms with Gasteiger partial charge in [0.1, 0.15) is 11.9 Å². The Kier molecular flexibility index (Phi) is 7.61. The molecular formula is C30H36FN7O. The van der Waals surface area contributed by atoms with Gasteiger partial charge in [0.05, 0.1) is 12.3 Å². The summed E-state index contributed by atoms with van der Waals surface area (Å²) in [5, 5.41) is 12.8. The Morgan fingerprint density at radius 1 is 1.00 bits per heavy atom. The van der Waals surface area contributed by atoms with Gasteiger partial charge in [-0.15, -0.1) is 5.10 Å². The minimum Gasteiger partial charge on any atom is -0.298 e. The van der Waals surface area contributed by atoms with E-state index in [0.717, 1.165) is 43.9 Å². The molecule has 2 fully saturated rings. The second kappa shape index (κ2) is 11.4. The Hall–Kier alpha value is -3.30. The first kappa shape index (κ1) is 26.0. The van der Waals surface area contributed by atoms with Crippen molar-refractivity contribution in [2.75, 3.05) is 26.2 Å². The summed E-state index contributed by atoms with van der Waals surface area (Å²) in [5.41, 5.74) is 3.55. The van der Waals surface area contributed by atoms with Gasteiger partial charge in [-0.1, -0.05) is 62.1 Å². The van der Waals surface area contributed by atoms with Crippen LogP contribution in [-0.4, -0.2) is 73.8 Å². The molecule has 1 aromatic heterocycles. The monoisotopic (exact) mass is 529 g/mol. The molecule has 2 atom stereocenters. The summed E-state index contributed by atoms with van der Waals surface area (Å²) in [6.45, 7) is 6.10. The highest BCUT2D eigenvalue weighted by molar-refractivity contribution is 6.13. The normalized spacial score (nSPS) is 23.7. The van der Waals surface area contributed by atoms with Crippen LogP contribution in [0.25, 0.3) is 0 Å². The maximum atomic E-state index is 13.5. The number of tetrazole rings is 1. The Morgan fingerprint density at radius 3 is 2.51 bits per heavy atom. The second-order valence-corrected chi connectivity index (χ2v) is 11.0. The van der Waals surface area contributed by atoms with Crippen LogP contribution in [-0.2, 0) is 11.3 Å². The maximum Gasteiger partial charge on any atom is 0.274 e. The fraction of sp³-hybridized carbons (Fsp3) is 0.500. The molecule has 3 heterocycles. The summed E-state index contributed by atoms with van der Waals surface area (Å²) >= 11 is 0. The molecule has 1 saturated heterocycles. The number of carbonyl (C=O) groups excluding carboxylic acids is 1. The van der Waals surface area contributed by atoms with Crippen molar-refractivity contribution in [3.05, 3.63) is 76.9 Å². The highest BCUT2D eigenvalue weighted by Crippen LogP contribution is 2.35. The second-order valence-electron chi connectivity index (χ2n) is 11.0. The van der Waals surface area contributed by atoms with Gasteiger partial charge in [-0.05, 0) is 53.5 Å². The van der Waals surface area contributed by atoms with E-state index in [4.69, 9.17) is 0 Å². The summed E-state index contributed by atoms with van der Waals surface area (Å²) in [7, 11) is 0. The number of benzene rings is 1. The van der Waals surface area contributed by atoms with Crippen LogP contribution < -0.4 is 0 Å². The van der Waals surface area contributed by atoms with Gasteiger partial charge in [0, 0.05) is 43.7 Å². The van der Waals surface area contributed by atoms with Crippen LogP contribution in [0.4, 0.5) is 4.39 Å². The number of halogens is 1. The van der Waals surface area contributed by atoms with Gasteiger partial charge in [0.15, 0.2) is 5.82 Å². The summed E-state index contributed by atoms with van der Waals surface area (Å²) in [4.78, 5) is 23.0. The first-order valence-electron chi connectivity index (χ1n) is 14.3. The molecule has 0 bridgehead atoms. The molecule has 1 aromatic carbocycles. The van der Waals surface area contributed by atoms with Crippen LogP contribution in [0.2, 0.25) is 0 Å². The molecule has 6 rings (SSSR count). The molecule has 39 heavy (non-hydrogen) atoms. The number of rotatable bonds is 7. The molecular weight excluding hydrogens is 493 g/mol. The SMILES string of the molecule is CCC1=CC2C=C(C(c3nnnn3Cc3ccc(F)cc3)N3CCN(C4CCCCC4)CC3)C(=O)N=C2C=C1. The molecule has 2 aliphatic heterocycles. The number of amides is 1. The molecule has 2 unspecified atom stereocenters. The van der Waals surface area contributed by atoms with E-state index in [0.29, 0.717) is 24.0 Å². The van der Waals surface area contributed by atoms with Crippen molar-refractivity contribution in [2.45, 2.75) is 64.1 Å². The third-order valence-corrected chi connectivity index (χ3v) is 8.60. The van der Waals surface area contributed by atoms with Gasteiger partial charge in [0.2, 0.25) is 0 Å². The van der Waals surface area contributed by atoms with Gasteiger partial charge in [0.25, 0.3) is 5.91 Å². The summed E-state index contributed by atoms with van der Waals surface area (Å²) in [6.07, 6.45) is 15.7. The molecule has 2 aromatic rings. The molecule has 9 heteroatoms. The molecule has 2 aliphatic carbocycles. The number of nitrogens with zero attached hydrogens (tertiary/aromatic N) is 7. The summed E-state index contributed by atoms with van der Waals surface area (Å²) in [5.74, 6) is 0.0761. The van der Waals surface area contributed by atoms with Crippen LogP contribution >= 0.6 is 0 Å². The number of aromatic nitrogens is 4. The lowest BCUT2D eigenvalue weighted by Gasteiger charge is -2.43. The van der Waals surface area contributed by atoms with Crippen molar-refractivity contribution in [2.24, 2.45) is 10.9 Å². The van der Waals surface area contributed by atoms with Crippen molar-refractivity contribution in [1.82, 2.24) is 30.0 Å². The third kappa shape index (κ3) is 5.56. The van der Waals surface area contributed by atoms with Gasteiger partial charge >= 0.3 is 0 Å². The zero-order valence-electron chi connectivity index (χ0n) is 22.5. The lowest BCUT2D eigenvalue weighted by molar-refractivity contribution is -0.115. The highest BCUT2D eigenvalue weighted by Gasteiger charge is 2.38. The lowest BCUT2D eigenvalue weighted by atomic mass is 9.86. The molecule has 0 spiro atoms. The minimum absolute atomic E-state index is 0.0369.